The van der Waals surface area contributed by atoms with Crippen molar-refractivity contribution in [3.63, 3.8) is 0 Å². The molecule has 3 unspecified atom stereocenters. The zero-order valence-electron chi connectivity index (χ0n) is 30.9. The SMILES string of the molecule is COC(=O)Nc1ccc(C(=O)COC(=O)C2C(c3ccc(F)cc3)CC(N3CCC(NC(=O)OC(C)(C)C)CC3)CN2C(=O)OCc2ccccc2)cc1. The lowest BCUT2D eigenvalue weighted by atomic mass is 9.80. The monoisotopic (exact) mass is 746 g/mol. The van der Waals surface area contributed by atoms with Crippen LogP contribution in [0.5, 0.6) is 0 Å². The largest absolute Gasteiger partial charge is 0.456 e. The Kier molecular flexibility index (Phi) is 13.2. The van der Waals surface area contributed by atoms with Crippen molar-refractivity contribution in [2.45, 2.75) is 76.3 Å². The van der Waals surface area contributed by atoms with Crippen molar-refractivity contribution in [2.24, 2.45) is 0 Å². The zero-order valence-corrected chi connectivity index (χ0v) is 30.9. The molecule has 3 amide bonds. The van der Waals surface area contributed by atoms with E-state index in [9.17, 15) is 28.4 Å². The van der Waals surface area contributed by atoms with Crippen LogP contribution in [-0.4, -0.2) is 96.9 Å². The number of anilines is 1. The minimum atomic E-state index is -1.19. The van der Waals surface area contributed by atoms with Gasteiger partial charge in [-0.05, 0) is 87.6 Å². The van der Waals surface area contributed by atoms with Crippen molar-refractivity contribution in [3.8, 4) is 0 Å². The predicted molar refractivity (Wildman–Crippen MR) is 196 cm³/mol. The number of Topliss-reactive ketones (excluding diaryl/α,β-unsaturated/α-hetero) is 1. The number of nitrogens with zero attached hydrogens (tertiary/aromatic N) is 2. The molecule has 2 N–H and O–H groups in total. The highest BCUT2D eigenvalue weighted by atomic mass is 19.1. The molecule has 0 spiro atoms. The Hall–Kier alpha value is -5.50. The Balaban J connectivity index is 1.35. The van der Waals surface area contributed by atoms with Gasteiger partial charge in [-0.15, -0.1) is 0 Å². The van der Waals surface area contributed by atoms with Gasteiger partial charge in [-0.2, -0.15) is 0 Å². The number of carbonyl (C=O) groups is 5. The highest BCUT2D eigenvalue weighted by molar-refractivity contribution is 5.99. The van der Waals surface area contributed by atoms with Crippen molar-refractivity contribution in [2.75, 3.05) is 38.7 Å². The van der Waals surface area contributed by atoms with E-state index >= 15 is 0 Å². The maximum Gasteiger partial charge on any atom is 0.411 e. The summed E-state index contributed by atoms with van der Waals surface area (Å²) in [6, 6.07) is 19.4. The fourth-order valence-corrected chi connectivity index (χ4v) is 6.73. The summed E-state index contributed by atoms with van der Waals surface area (Å²) in [6.07, 6.45) is -0.180. The standard InChI is InChI=1S/C40H47FN4O9/c1-40(2,3)54-38(49)43-31-18-20-44(21-19-31)32-22-33(27-10-14-29(41)15-11-27)35(45(23-32)39(50)53-24-26-8-6-5-7-9-26)36(47)52-25-34(46)28-12-16-30(17-13-28)42-37(48)51-4/h5-17,31-33,35H,18-25H2,1-4H3,(H,42,48)(H,43,49). The minimum Gasteiger partial charge on any atom is -0.456 e. The Morgan fingerprint density at radius 1 is 0.852 bits per heavy atom. The number of carbonyl (C=O) groups excluding carboxylic acids is 5. The van der Waals surface area contributed by atoms with Crippen LogP contribution in [-0.2, 0) is 30.3 Å². The smallest absolute Gasteiger partial charge is 0.411 e. The van der Waals surface area contributed by atoms with Crippen LogP contribution in [0.15, 0.2) is 78.9 Å². The summed E-state index contributed by atoms with van der Waals surface area (Å²) < 4.78 is 35.6. The molecule has 2 saturated heterocycles. The second-order valence-electron chi connectivity index (χ2n) is 14.4. The van der Waals surface area contributed by atoms with Gasteiger partial charge in [0.15, 0.2) is 12.4 Å². The molecular weight excluding hydrogens is 699 g/mol. The lowest BCUT2D eigenvalue weighted by Crippen LogP contribution is -2.61. The number of ether oxygens (including phenoxy) is 4. The average Bonchev–Trinajstić information content (AvgIpc) is 3.15. The van der Waals surface area contributed by atoms with Crippen LogP contribution in [0.2, 0.25) is 0 Å². The third kappa shape index (κ3) is 11.0. The first-order chi connectivity index (χ1) is 25.8. The first-order valence-corrected chi connectivity index (χ1v) is 17.9. The molecule has 2 aliphatic rings. The minimum absolute atomic E-state index is 0.0368. The summed E-state index contributed by atoms with van der Waals surface area (Å²) in [7, 11) is 1.23. The number of piperidine rings is 2. The molecule has 0 aliphatic carbocycles. The van der Waals surface area contributed by atoms with Crippen LogP contribution in [0.1, 0.15) is 67.4 Å². The Bertz CT molecular complexity index is 1760. The zero-order chi connectivity index (χ0) is 38.8. The van der Waals surface area contributed by atoms with Crippen molar-refractivity contribution in [1.82, 2.24) is 15.1 Å². The summed E-state index contributed by atoms with van der Waals surface area (Å²) in [5.74, 6) is -2.40. The van der Waals surface area contributed by atoms with E-state index in [0.29, 0.717) is 43.6 Å². The highest BCUT2D eigenvalue weighted by Crippen LogP contribution is 2.37. The molecule has 288 valence electrons. The second kappa shape index (κ2) is 18.0. The number of esters is 1. The van der Waals surface area contributed by atoms with Gasteiger partial charge in [0.2, 0.25) is 0 Å². The molecule has 0 saturated carbocycles. The van der Waals surface area contributed by atoms with E-state index in [4.69, 9.17) is 14.2 Å². The summed E-state index contributed by atoms with van der Waals surface area (Å²) >= 11 is 0. The van der Waals surface area contributed by atoms with Crippen LogP contribution in [0.25, 0.3) is 0 Å². The quantitative estimate of drug-likeness (QED) is 0.138. The number of likely N-dealkylation sites (tertiary alicyclic amines) is 2. The van der Waals surface area contributed by atoms with E-state index in [-0.39, 0.29) is 30.8 Å². The van der Waals surface area contributed by atoms with Crippen LogP contribution in [0.4, 0.5) is 24.5 Å². The number of methoxy groups -OCH3 is 1. The summed E-state index contributed by atoms with van der Waals surface area (Å²) in [5, 5.41) is 5.45. The molecule has 2 aliphatic heterocycles. The molecule has 3 atom stereocenters. The first kappa shape index (κ1) is 39.7. The molecule has 13 nitrogen and oxygen atoms in total. The molecular formula is C40H47FN4O9. The number of amides is 3. The highest BCUT2D eigenvalue weighted by Gasteiger charge is 2.47. The molecule has 0 bridgehead atoms. The number of hydrogen-bond acceptors (Lipinski definition) is 10. The lowest BCUT2D eigenvalue weighted by Gasteiger charge is -2.47. The number of alkyl carbamates (subject to hydrolysis) is 1. The Morgan fingerprint density at radius 2 is 1.52 bits per heavy atom. The van der Waals surface area contributed by atoms with E-state index in [1.54, 1.807) is 32.9 Å². The van der Waals surface area contributed by atoms with Gasteiger partial charge in [-0.1, -0.05) is 42.5 Å². The third-order valence-corrected chi connectivity index (χ3v) is 9.38. The Morgan fingerprint density at radius 3 is 2.15 bits per heavy atom. The van der Waals surface area contributed by atoms with Gasteiger partial charge in [-0.25, -0.2) is 23.6 Å². The van der Waals surface area contributed by atoms with Gasteiger partial charge in [-0.3, -0.25) is 19.9 Å². The second-order valence-corrected chi connectivity index (χ2v) is 14.4. The molecule has 54 heavy (non-hydrogen) atoms. The van der Waals surface area contributed by atoms with Crippen LogP contribution in [0, 0.1) is 5.82 Å². The molecule has 0 radical (unpaired) electrons. The van der Waals surface area contributed by atoms with Gasteiger partial charge in [0.1, 0.15) is 24.1 Å². The number of rotatable bonds is 10. The maximum absolute atomic E-state index is 14.2. The summed E-state index contributed by atoms with van der Waals surface area (Å²) in [4.78, 5) is 68.7. The maximum atomic E-state index is 14.2. The number of halogens is 1. The lowest BCUT2D eigenvalue weighted by molar-refractivity contribution is -0.151. The normalized spacial score (nSPS) is 19.3. The number of benzene rings is 3. The topological polar surface area (TPSA) is 153 Å². The van der Waals surface area contributed by atoms with Gasteiger partial charge < -0.3 is 24.3 Å². The average molecular weight is 747 g/mol. The number of hydrogen-bond donors (Lipinski definition) is 2. The van der Waals surface area contributed by atoms with Gasteiger partial charge in [0, 0.05) is 48.9 Å². The van der Waals surface area contributed by atoms with E-state index in [2.05, 4.69) is 20.3 Å². The summed E-state index contributed by atoms with van der Waals surface area (Å²) in [5.41, 5.74) is 1.39. The number of ketones is 1. The van der Waals surface area contributed by atoms with Gasteiger partial charge >= 0.3 is 24.2 Å². The van der Waals surface area contributed by atoms with E-state index in [0.717, 1.165) is 5.56 Å². The first-order valence-electron chi connectivity index (χ1n) is 17.9. The molecule has 5 rings (SSSR count). The van der Waals surface area contributed by atoms with E-state index in [1.165, 1.54) is 48.4 Å². The fraction of sp³-hybridized carbons (Fsp3) is 0.425. The third-order valence-electron chi connectivity index (χ3n) is 9.38. The van der Waals surface area contributed by atoms with Gasteiger partial charge in [0.25, 0.3) is 0 Å². The van der Waals surface area contributed by atoms with Crippen LogP contribution in [0.3, 0.4) is 0 Å². The molecule has 2 heterocycles. The number of nitrogens with one attached hydrogen (secondary N) is 2. The van der Waals surface area contributed by atoms with Crippen molar-refractivity contribution >= 4 is 35.7 Å². The molecule has 3 aromatic carbocycles. The Labute approximate surface area is 314 Å². The van der Waals surface area contributed by atoms with Crippen LogP contribution >= 0.6 is 0 Å². The molecule has 3 aromatic rings. The van der Waals surface area contributed by atoms with Crippen molar-refractivity contribution in [3.05, 3.63) is 101 Å². The molecule has 14 heteroatoms. The van der Waals surface area contributed by atoms with E-state index in [1.807, 2.05) is 30.3 Å². The van der Waals surface area contributed by atoms with Gasteiger partial charge in [0.05, 0.1) is 7.11 Å². The molecule has 2 fully saturated rings. The van der Waals surface area contributed by atoms with Crippen molar-refractivity contribution < 1.29 is 47.3 Å². The fourth-order valence-electron chi connectivity index (χ4n) is 6.73. The molecule has 0 aromatic heterocycles. The van der Waals surface area contributed by atoms with Crippen LogP contribution < -0.4 is 10.6 Å². The van der Waals surface area contributed by atoms with Crippen molar-refractivity contribution in [1.29, 1.82) is 0 Å². The van der Waals surface area contributed by atoms with E-state index < -0.39 is 60.0 Å². The summed E-state index contributed by atoms with van der Waals surface area (Å²) in [6.45, 7) is 6.10. The predicted octanol–water partition coefficient (Wildman–Crippen LogP) is 6.28.